The number of unbranched alkanes of at least 4 members (excludes halogenated alkanes) is 1. The number of hydrogen-bond donors (Lipinski definition) is 1. The Kier molecular flexibility index (Phi) is 3.31. The number of rotatable bonds is 2. The maximum atomic E-state index is 10.7. The van der Waals surface area contributed by atoms with Crippen molar-refractivity contribution in [1.82, 2.24) is 0 Å². The Hall–Kier alpha value is -1.51. The summed E-state index contributed by atoms with van der Waals surface area (Å²) in [4.78, 5) is -0.0957. The molecule has 0 saturated heterocycles. The first kappa shape index (κ1) is 9.58. The van der Waals surface area contributed by atoms with E-state index in [4.69, 9.17) is 5.21 Å². The van der Waals surface area contributed by atoms with Gasteiger partial charge in [-0.3, -0.25) is 5.21 Å². The summed E-state index contributed by atoms with van der Waals surface area (Å²) in [5.41, 5.74) is 1.08. The number of hydrogen-bond acceptors (Lipinski definition) is 2. The molecule has 0 aromatic heterocycles. The van der Waals surface area contributed by atoms with Gasteiger partial charge in [-0.25, -0.2) is 0 Å². The number of nitrogens with zero attached hydrogens (tertiary/aromatic N) is 1. The zero-order chi connectivity index (χ0) is 9.68. The Morgan fingerprint density at radius 1 is 1.46 bits per heavy atom. The molecule has 0 bridgehead atoms. The highest BCUT2D eigenvalue weighted by molar-refractivity contribution is 6.08. The van der Waals surface area contributed by atoms with Gasteiger partial charge in [-0.2, -0.15) is 0 Å². The maximum absolute atomic E-state index is 10.7. The zero-order valence-electron chi connectivity index (χ0n) is 7.60. The van der Waals surface area contributed by atoms with Crippen molar-refractivity contribution in [3.05, 3.63) is 41.2 Å². The van der Waals surface area contributed by atoms with Gasteiger partial charge in [0.2, 0.25) is 0 Å². The van der Waals surface area contributed by atoms with Gasteiger partial charge in [0.1, 0.15) is 0 Å². The van der Waals surface area contributed by atoms with E-state index in [-0.39, 0.29) is 4.90 Å². The van der Waals surface area contributed by atoms with E-state index in [2.05, 4.69) is 6.92 Å². The second-order valence-electron chi connectivity index (χ2n) is 2.82. The maximum Gasteiger partial charge on any atom is 0.274 e. The van der Waals surface area contributed by atoms with E-state index in [9.17, 15) is 5.21 Å². The van der Waals surface area contributed by atoms with Crippen molar-refractivity contribution in [3.8, 4) is 0 Å². The van der Waals surface area contributed by atoms with Crippen LogP contribution in [0, 0.1) is 5.21 Å². The van der Waals surface area contributed by atoms with Crippen molar-refractivity contribution in [3.63, 3.8) is 0 Å². The summed E-state index contributed by atoms with van der Waals surface area (Å²) in [6.45, 7) is 2.06. The molecule has 0 radical (unpaired) electrons. The molecule has 0 aromatic carbocycles. The summed E-state index contributed by atoms with van der Waals surface area (Å²) in [6, 6.07) is 0. The molecule has 1 aliphatic rings. The van der Waals surface area contributed by atoms with Gasteiger partial charge in [0.05, 0.1) is 0 Å². The minimum atomic E-state index is -0.0957. The summed E-state index contributed by atoms with van der Waals surface area (Å²) in [5, 5.41) is 19.4. The second kappa shape index (κ2) is 4.50. The second-order valence-corrected chi connectivity index (χ2v) is 2.82. The lowest BCUT2D eigenvalue weighted by atomic mass is 10.0. The third-order valence-electron chi connectivity index (χ3n) is 1.80. The SMILES string of the molecule is CCC/C=C1/C=CC=C/C1=[N+](\[O-])O. The largest absolute Gasteiger partial charge is 0.417 e. The first-order chi connectivity index (χ1) is 6.25. The van der Waals surface area contributed by atoms with Crippen LogP contribution in [0.4, 0.5) is 0 Å². The van der Waals surface area contributed by atoms with Crippen LogP contribution >= 0.6 is 0 Å². The normalized spacial score (nSPS) is 22.4. The van der Waals surface area contributed by atoms with Gasteiger partial charge in [-0.1, -0.05) is 31.6 Å². The van der Waals surface area contributed by atoms with E-state index in [0.29, 0.717) is 5.71 Å². The highest BCUT2D eigenvalue weighted by Crippen LogP contribution is 2.09. The van der Waals surface area contributed by atoms with Gasteiger partial charge in [0.25, 0.3) is 5.71 Å². The van der Waals surface area contributed by atoms with Crippen LogP contribution < -0.4 is 0 Å². The first-order valence-corrected chi connectivity index (χ1v) is 4.34. The molecule has 3 nitrogen and oxygen atoms in total. The molecule has 1 rings (SSSR count). The Bertz CT molecular complexity index is 294. The van der Waals surface area contributed by atoms with Gasteiger partial charge in [0.15, 0.2) is 0 Å². The molecule has 0 spiro atoms. The fraction of sp³-hybridized carbons (Fsp3) is 0.300. The van der Waals surface area contributed by atoms with Crippen LogP contribution in [0.5, 0.6) is 0 Å². The molecule has 13 heavy (non-hydrogen) atoms. The van der Waals surface area contributed by atoms with E-state index in [1.807, 2.05) is 18.2 Å². The van der Waals surface area contributed by atoms with Crippen LogP contribution in [0.1, 0.15) is 19.8 Å². The van der Waals surface area contributed by atoms with Crippen molar-refractivity contribution in [2.24, 2.45) is 0 Å². The van der Waals surface area contributed by atoms with E-state index in [0.717, 1.165) is 18.4 Å². The van der Waals surface area contributed by atoms with Crippen LogP contribution in [0.3, 0.4) is 0 Å². The van der Waals surface area contributed by atoms with E-state index >= 15 is 0 Å². The molecule has 0 saturated carbocycles. The van der Waals surface area contributed by atoms with Gasteiger partial charge in [-0.15, -0.1) is 0 Å². The molecule has 0 aromatic rings. The van der Waals surface area contributed by atoms with E-state index in [1.165, 1.54) is 0 Å². The number of allylic oxidation sites excluding steroid dienone is 6. The predicted molar refractivity (Wildman–Crippen MR) is 51.7 cm³/mol. The first-order valence-electron chi connectivity index (χ1n) is 4.34. The summed E-state index contributed by atoms with van der Waals surface area (Å²) in [6.07, 6.45) is 10.8. The molecule has 70 valence electrons. The lowest BCUT2D eigenvalue weighted by molar-refractivity contribution is -0.725. The highest BCUT2D eigenvalue weighted by atomic mass is 16.8. The third-order valence-corrected chi connectivity index (χ3v) is 1.80. The van der Waals surface area contributed by atoms with Crippen molar-refractivity contribution in [2.75, 3.05) is 0 Å². The fourth-order valence-electron chi connectivity index (χ4n) is 1.13. The summed E-state index contributed by atoms with van der Waals surface area (Å²) < 4.78 is 0. The molecule has 0 atom stereocenters. The van der Waals surface area contributed by atoms with Crippen LogP contribution in [0.15, 0.2) is 36.0 Å². The summed E-state index contributed by atoms with van der Waals surface area (Å²) in [7, 11) is 0. The van der Waals surface area contributed by atoms with Crippen LogP contribution in [-0.4, -0.2) is 15.8 Å². The van der Waals surface area contributed by atoms with E-state index < -0.39 is 0 Å². The smallest absolute Gasteiger partial charge is 0.274 e. The van der Waals surface area contributed by atoms with Gasteiger partial charge in [-0.05, 0) is 12.5 Å². The molecule has 0 amide bonds. The standard InChI is InChI=1S/C10H13NO2/c1-2-3-6-9-7-4-5-8-10(9)11(12)13/h4-8H,2-3H2,1H3,(H,12,13)/b9-6-. The highest BCUT2D eigenvalue weighted by Gasteiger charge is 2.12. The Morgan fingerprint density at radius 3 is 2.77 bits per heavy atom. The average molecular weight is 179 g/mol. The van der Waals surface area contributed by atoms with Crippen LogP contribution in [-0.2, 0) is 0 Å². The molecule has 0 unspecified atom stereocenters. The lowest BCUT2D eigenvalue weighted by Gasteiger charge is -2.02. The molecular weight excluding hydrogens is 166 g/mol. The molecule has 0 fully saturated rings. The monoisotopic (exact) mass is 179 g/mol. The third kappa shape index (κ3) is 2.47. The minimum Gasteiger partial charge on any atom is -0.417 e. The molecular formula is C10H13NO2. The molecule has 1 N–H and O–H groups in total. The van der Waals surface area contributed by atoms with Crippen molar-refractivity contribution in [1.29, 1.82) is 0 Å². The topological polar surface area (TPSA) is 46.3 Å². The Morgan fingerprint density at radius 2 is 2.15 bits per heavy atom. The quantitative estimate of drug-likeness (QED) is 0.401. The van der Waals surface area contributed by atoms with Gasteiger partial charge < -0.3 is 5.21 Å². The molecule has 0 aliphatic heterocycles. The van der Waals surface area contributed by atoms with Crippen molar-refractivity contribution < 1.29 is 10.1 Å². The van der Waals surface area contributed by atoms with Crippen LogP contribution in [0.25, 0.3) is 0 Å². The van der Waals surface area contributed by atoms with Crippen molar-refractivity contribution >= 4 is 5.71 Å². The van der Waals surface area contributed by atoms with Gasteiger partial charge >= 0.3 is 0 Å². The average Bonchev–Trinajstić information content (AvgIpc) is 2.15. The Labute approximate surface area is 77.6 Å². The summed E-state index contributed by atoms with van der Waals surface area (Å²) in [5.74, 6) is 0. The van der Waals surface area contributed by atoms with Crippen LogP contribution in [0.2, 0.25) is 0 Å². The molecule has 1 aliphatic carbocycles. The van der Waals surface area contributed by atoms with Gasteiger partial charge in [0, 0.05) is 16.6 Å². The zero-order valence-corrected chi connectivity index (χ0v) is 7.60. The van der Waals surface area contributed by atoms with E-state index in [1.54, 1.807) is 12.2 Å². The Balaban J connectivity index is 2.90. The summed E-state index contributed by atoms with van der Waals surface area (Å²) >= 11 is 0. The molecule has 3 heteroatoms. The fourth-order valence-corrected chi connectivity index (χ4v) is 1.13. The molecule has 0 heterocycles. The minimum absolute atomic E-state index is 0.0957. The van der Waals surface area contributed by atoms with Crippen molar-refractivity contribution in [2.45, 2.75) is 19.8 Å². The lowest BCUT2D eigenvalue weighted by Crippen LogP contribution is -2.13. The predicted octanol–water partition coefficient (Wildman–Crippen LogP) is 2.18.